The highest BCUT2D eigenvalue weighted by Gasteiger charge is 2.28. The molecule has 2 N–H and O–H groups in total. The van der Waals surface area contributed by atoms with Crippen molar-refractivity contribution in [1.29, 1.82) is 0 Å². The number of benzene rings is 1. The Kier molecular flexibility index (Phi) is 7.64. The van der Waals surface area contributed by atoms with Crippen LogP contribution in [-0.4, -0.2) is 48.4 Å². The van der Waals surface area contributed by atoms with E-state index < -0.39 is 6.04 Å². The first-order valence-electron chi connectivity index (χ1n) is 9.81. The van der Waals surface area contributed by atoms with Gasteiger partial charge in [-0.1, -0.05) is 39.0 Å². The van der Waals surface area contributed by atoms with Crippen molar-refractivity contribution >= 4 is 11.8 Å². The first-order chi connectivity index (χ1) is 12.4. The number of hydrogen-bond acceptors (Lipinski definition) is 3. The SMILES string of the molecule is CCCN1CCC(NC(=O)C(NC(=O)c2ccccc2C)C(C)C)CC1. The number of carbonyl (C=O) groups excluding carboxylic acids is 2. The lowest BCUT2D eigenvalue weighted by Crippen LogP contribution is -2.54. The monoisotopic (exact) mass is 359 g/mol. The van der Waals surface area contributed by atoms with E-state index in [0.717, 1.165) is 44.5 Å². The van der Waals surface area contributed by atoms with E-state index in [1.54, 1.807) is 6.07 Å². The molecule has 26 heavy (non-hydrogen) atoms. The minimum absolute atomic E-state index is 0.0307. The largest absolute Gasteiger partial charge is 0.351 e. The van der Waals surface area contributed by atoms with Crippen molar-refractivity contribution in [3.05, 3.63) is 35.4 Å². The first kappa shape index (κ1) is 20.4. The summed E-state index contributed by atoms with van der Waals surface area (Å²) in [4.78, 5) is 27.8. The average molecular weight is 360 g/mol. The number of nitrogens with one attached hydrogen (secondary N) is 2. The van der Waals surface area contributed by atoms with Crippen molar-refractivity contribution in [3.63, 3.8) is 0 Å². The van der Waals surface area contributed by atoms with Gasteiger partial charge >= 0.3 is 0 Å². The standard InChI is InChI=1S/C21H33N3O2/c1-5-12-24-13-10-17(11-14-24)22-21(26)19(15(2)3)23-20(25)18-9-7-6-8-16(18)4/h6-9,15,17,19H,5,10-14H2,1-4H3,(H,22,26)(H,23,25). The van der Waals surface area contributed by atoms with Gasteiger partial charge in [-0.05, 0) is 50.3 Å². The van der Waals surface area contributed by atoms with E-state index in [4.69, 9.17) is 0 Å². The number of carbonyl (C=O) groups is 2. The van der Waals surface area contributed by atoms with E-state index >= 15 is 0 Å². The van der Waals surface area contributed by atoms with E-state index in [1.165, 1.54) is 0 Å². The predicted octanol–water partition coefficient (Wildman–Crippen LogP) is 2.74. The lowest BCUT2D eigenvalue weighted by molar-refractivity contribution is -0.125. The van der Waals surface area contributed by atoms with Gasteiger partial charge in [-0.15, -0.1) is 0 Å². The fourth-order valence-electron chi connectivity index (χ4n) is 3.49. The van der Waals surface area contributed by atoms with Crippen LogP contribution in [0.2, 0.25) is 0 Å². The number of amides is 2. The maximum atomic E-state index is 12.8. The molecule has 1 aromatic carbocycles. The fourth-order valence-corrected chi connectivity index (χ4v) is 3.49. The van der Waals surface area contributed by atoms with Gasteiger partial charge in [0.05, 0.1) is 0 Å². The van der Waals surface area contributed by atoms with Crippen LogP contribution >= 0.6 is 0 Å². The molecule has 0 saturated carbocycles. The van der Waals surface area contributed by atoms with Crippen LogP contribution in [0.5, 0.6) is 0 Å². The Morgan fingerprint density at radius 2 is 1.85 bits per heavy atom. The molecule has 1 unspecified atom stereocenters. The highest BCUT2D eigenvalue weighted by atomic mass is 16.2. The van der Waals surface area contributed by atoms with Gasteiger partial charge in [0.1, 0.15) is 6.04 Å². The summed E-state index contributed by atoms with van der Waals surface area (Å²) in [6.45, 7) is 11.2. The molecule has 1 atom stereocenters. The van der Waals surface area contributed by atoms with Gasteiger partial charge < -0.3 is 15.5 Å². The van der Waals surface area contributed by atoms with E-state index in [1.807, 2.05) is 39.0 Å². The predicted molar refractivity (Wildman–Crippen MR) is 105 cm³/mol. The molecule has 0 bridgehead atoms. The third kappa shape index (κ3) is 5.56. The number of aryl methyl sites for hydroxylation is 1. The van der Waals surface area contributed by atoms with Crippen molar-refractivity contribution in [2.75, 3.05) is 19.6 Å². The maximum absolute atomic E-state index is 12.8. The third-order valence-corrected chi connectivity index (χ3v) is 5.10. The van der Waals surface area contributed by atoms with Crippen LogP contribution in [0.25, 0.3) is 0 Å². The van der Waals surface area contributed by atoms with Crippen molar-refractivity contribution < 1.29 is 9.59 Å². The van der Waals surface area contributed by atoms with Crippen LogP contribution in [0.3, 0.4) is 0 Å². The summed E-state index contributed by atoms with van der Waals surface area (Å²) in [5.41, 5.74) is 1.54. The van der Waals surface area contributed by atoms with Gasteiger partial charge in [-0.3, -0.25) is 9.59 Å². The van der Waals surface area contributed by atoms with Gasteiger partial charge in [0.15, 0.2) is 0 Å². The van der Waals surface area contributed by atoms with Gasteiger partial charge in [0.25, 0.3) is 5.91 Å². The zero-order chi connectivity index (χ0) is 19.1. The number of likely N-dealkylation sites (tertiary alicyclic amines) is 1. The van der Waals surface area contributed by atoms with Crippen molar-refractivity contribution in [2.45, 2.75) is 59.0 Å². The Labute approximate surface area is 157 Å². The Morgan fingerprint density at radius 3 is 2.42 bits per heavy atom. The van der Waals surface area contributed by atoms with E-state index in [9.17, 15) is 9.59 Å². The zero-order valence-corrected chi connectivity index (χ0v) is 16.5. The molecule has 1 aliphatic rings. The van der Waals surface area contributed by atoms with Crippen molar-refractivity contribution in [2.24, 2.45) is 5.92 Å². The highest BCUT2D eigenvalue weighted by Crippen LogP contribution is 2.13. The molecule has 2 amide bonds. The minimum Gasteiger partial charge on any atom is -0.351 e. The molecule has 1 aliphatic heterocycles. The van der Waals surface area contributed by atoms with Crippen LogP contribution < -0.4 is 10.6 Å². The third-order valence-electron chi connectivity index (χ3n) is 5.10. The van der Waals surface area contributed by atoms with Crippen LogP contribution in [0.15, 0.2) is 24.3 Å². The summed E-state index contributed by atoms with van der Waals surface area (Å²) >= 11 is 0. The topological polar surface area (TPSA) is 61.4 Å². The normalized spacial score (nSPS) is 17.1. The molecule has 1 fully saturated rings. The summed E-state index contributed by atoms with van der Waals surface area (Å²) in [6, 6.07) is 7.13. The molecule has 1 aromatic rings. The molecule has 1 heterocycles. The number of nitrogens with zero attached hydrogens (tertiary/aromatic N) is 1. The lowest BCUT2D eigenvalue weighted by atomic mass is 9.99. The van der Waals surface area contributed by atoms with Crippen molar-refractivity contribution in [1.82, 2.24) is 15.5 Å². The summed E-state index contributed by atoms with van der Waals surface area (Å²) < 4.78 is 0. The molecule has 0 aromatic heterocycles. The molecule has 0 radical (unpaired) electrons. The molecule has 0 aliphatic carbocycles. The first-order valence-corrected chi connectivity index (χ1v) is 9.81. The van der Waals surface area contributed by atoms with Crippen LogP contribution in [0, 0.1) is 12.8 Å². The molecular formula is C21H33N3O2. The molecule has 1 saturated heterocycles. The summed E-state index contributed by atoms with van der Waals surface area (Å²) in [5.74, 6) is -0.228. The molecule has 0 spiro atoms. The smallest absolute Gasteiger partial charge is 0.252 e. The van der Waals surface area contributed by atoms with Crippen LogP contribution in [0.4, 0.5) is 0 Å². The summed E-state index contributed by atoms with van der Waals surface area (Å²) in [7, 11) is 0. The second-order valence-electron chi connectivity index (χ2n) is 7.63. The van der Waals surface area contributed by atoms with Gasteiger partial charge in [-0.2, -0.15) is 0 Å². The Bertz CT molecular complexity index is 607. The van der Waals surface area contributed by atoms with Crippen LogP contribution in [0.1, 0.15) is 56.0 Å². The Balaban J connectivity index is 1.93. The highest BCUT2D eigenvalue weighted by molar-refractivity contribution is 5.98. The Morgan fingerprint density at radius 1 is 1.19 bits per heavy atom. The second kappa shape index (κ2) is 9.72. The molecule has 2 rings (SSSR count). The second-order valence-corrected chi connectivity index (χ2v) is 7.63. The molecular weight excluding hydrogens is 326 g/mol. The van der Waals surface area contributed by atoms with Gasteiger partial charge in [-0.25, -0.2) is 0 Å². The maximum Gasteiger partial charge on any atom is 0.252 e. The zero-order valence-electron chi connectivity index (χ0n) is 16.5. The molecule has 5 heteroatoms. The van der Waals surface area contributed by atoms with Crippen LogP contribution in [-0.2, 0) is 4.79 Å². The molecule has 5 nitrogen and oxygen atoms in total. The number of hydrogen-bond donors (Lipinski definition) is 2. The van der Waals surface area contributed by atoms with E-state index in [0.29, 0.717) is 5.56 Å². The summed E-state index contributed by atoms with van der Waals surface area (Å²) in [6.07, 6.45) is 3.11. The van der Waals surface area contributed by atoms with Gasteiger partial charge in [0.2, 0.25) is 5.91 Å². The minimum atomic E-state index is -0.518. The lowest BCUT2D eigenvalue weighted by Gasteiger charge is -2.33. The fraction of sp³-hybridized carbons (Fsp3) is 0.619. The number of piperidine rings is 1. The van der Waals surface area contributed by atoms with Crippen molar-refractivity contribution in [3.8, 4) is 0 Å². The average Bonchev–Trinajstić information content (AvgIpc) is 2.61. The van der Waals surface area contributed by atoms with E-state index in [-0.39, 0.29) is 23.8 Å². The van der Waals surface area contributed by atoms with E-state index in [2.05, 4.69) is 22.5 Å². The molecule has 144 valence electrons. The summed E-state index contributed by atoms with van der Waals surface area (Å²) in [5, 5.41) is 6.08. The quantitative estimate of drug-likeness (QED) is 0.787. The number of rotatable bonds is 7. The Hall–Kier alpha value is -1.88. The van der Waals surface area contributed by atoms with Gasteiger partial charge in [0, 0.05) is 24.7 Å².